The number of hydrogen-bond acceptors (Lipinski definition) is 6. The van der Waals surface area contributed by atoms with Crippen molar-refractivity contribution in [2.75, 3.05) is 13.4 Å². The Morgan fingerprint density at radius 1 is 1.25 bits per heavy atom. The van der Waals surface area contributed by atoms with Gasteiger partial charge in [0.25, 0.3) is 11.5 Å². The molecule has 8 nitrogen and oxygen atoms in total. The largest absolute Gasteiger partial charge is 0.497 e. The van der Waals surface area contributed by atoms with Gasteiger partial charge in [0, 0.05) is 24.6 Å². The van der Waals surface area contributed by atoms with E-state index in [1.54, 1.807) is 38.4 Å². The topological polar surface area (TPSA) is 115 Å². The molecule has 0 unspecified atom stereocenters. The fraction of sp³-hybridized carbons (Fsp3) is 0.368. The third-order valence-electron chi connectivity index (χ3n) is 5.04. The molecule has 152 valence electrons. The summed E-state index contributed by atoms with van der Waals surface area (Å²) in [7, 11) is -2.25. The maximum atomic E-state index is 12.7. The van der Waals surface area contributed by atoms with Crippen LogP contribution in [0.25, 0.3) is 11.1 Å². The van der Waals surface area contributed by atoms with Gasteiger partial charge >= 0.3 is 0 Å². The highest BCUT2D eigenvalue weighted by Crippen LogP contribution is 2.25. The van der Waals surface area contributed by atoms with Crippen molar-refractivity contribution in [1.29, 1.82) is 0 Å². The molecule has 0 bridgehead atoms. The lowest BCUT2D eigenvalue weighted by molar-refractivity contribution is -0.131. The summed E-state index contributed by atoms with van der Waals surface area (Å²) in [6, 6.07) is 9.05. The number of nitrogens with one attached hydrogen (secondary N) is 1. The molecule has 1 amide bonds. The molecule has 1 aromatic carbocycles. The molecule has 0 saturated carbocycles. The Balaban J connectivity index is 2.34. The predicted octanol–water partition coefficient (Wildman–Crippen LogP) is 1.53. The van der Waals surface area contributed by atoms with Crippen LogP contribution in [0.4, 0.5) is 0 Å². The number of methoxy groups -OCH3 is 1. The number of hydrogen-bond donors (Lipinski definition) is 2. The smallest absolute Gasteiger partial charge is 0.264 e. The van der Waals surface area contributed by atoms with Gasteiger partial charge in [-0.05, 0) is 49.6 Å². The second-order valence-corrected chi connectivity index (χ2v) is 9.22. The minimum absolute atomic E-state index is 0.000441. The number of aromatic nitrogens is 1. The lowest BCUT2D eigenvalue weighted by Crippen LogP contribution is -2.50. The molecule has 9 heteroatoms. The summed E-state index contributed by atoms with van der Waals surface area (Å²) in [5, 5.41) is 8.89. The fourth-order valence-electron chi connectivity index (χ4n) is 2.87. The summed E-state index contributed by atoms with van der Waals surface area (Å²) in [6.45, 7) is 2.91. The Morgan fingerprint density at radius 2 is 1.86 bits per heavy atom. The monoisotopic (exact) mass is 408 g/mol. The number of sulfone groups is 1. The summed E-state index contributed by atoms with van der Waals surface area (Å²) < 4.78 is 28.7. The molecule has 0 radical (unpaired) electrons. The average Bonchev–Trinajstić information content (AvgIpc) is 2.67. The lowest BCUT2D eigenvalue weighted by atomic mass is 10.0. The van der Waals surface area contributed by atoms with Crippen LogP contribution in [0.1, 0.15) is 18.9 Å². The van der Waals surface area contributed by atoms with Crippen molar-refractivity contribution in [3.63, 3.8) is 0 Å². The van der Waals surface area contributed by atoms with E-state index in [1.807, 2.05) is 12.1 Å². The van der Waals surface area contributed by atoms with E-state index in [9.17, 15) is 18.0 Å². The van der Waals surface area contributed by atoms with E-state index in [-0.39, 0.29) is 18.5 Å². The van der Waals surface area contributed by atoms with Crippen LogP contribution in [0.3, 0.4) is 0 Å². The maximum Gasteiger partial charge on any atom is 0.264 e. The number of pyridine rings is 1. The zero-order valence-electron chi connectivity index (χ0n) is 16.2. The maximum absolute atomic E-state index is 12.7. The number of amides is 1. The molecule has 2 aromatic rings. The number of ether oxygens (including phenoxy) is 1. The molecule has 0 aliphatic carbocycles. The summed E-state index contributed by atoms with van der Waals surface area (Å²) in [4.78, 5) is 24.6. The number of carbonyl (C=O) groups is 1. The second kappa shape index (κ2) is 8.15. The quantitative estimate of drug-likeness (QED) is 0.530. The van der Waals surface area contributed by atoms with Crippen LogP contribution >= 0.6 is 0 Å². The van der Waals surface area contributed by atoms with Crippen molar-refractivity contribution < 1.29 is 23.2 Å². The summed E-state index contributed by atoms with van der Waals surface area (Å²) in [6.07, 6.45) is 2.32. The molecule has 0 aliphatic heterocycles. The molecule has 1 atom stereocenters. The van der Waals surface area contributed by atoms with Gasteiger partial charge in [0.2, 0.25) is 0 Å². The first-order valence-electron chi connectivity index (χ1n) is 8.53. The zero-order valence-corrected chi connectivity index (χ0v) is 17.0. The van der Waals surface area contributed by atoms with Crippen LogP contribution in [0.2, 0.25) is 0 Å². The molecule has 0 aliphatic rings. The minimum atomic E-state index is -3.83. The summed E-state index contributed by atoms with van der Waals surface area (Å²) in [5.41, 5.74) is 3.22. The fourth-order valence-corrected chi connectivity index (χ4v) is 3.71. The van der Waals surface area contributed by atoms with Crippen molar-refractivity contribution in [2.45, 2.75) is 31.6 Å². The molecule has 0 spiro atoms. The highest BCUT2D eigenvalue weighted by Gasteiger charge is 2.43. The molecule has 28 heavy (non-hydrogen) atoms. The Hall–Kier alpha value is -2.65. The minimum Gasteiger partial charge on any atom is -0.497 e. The SMILES string of the molecule is COc1ccc(-c2ccn(CC[C@](C)(C(=O)NO)S(C)(=O)=O)c(=O)c2C)cc1. The zero-order chi connectivity index (χ0) is 21.1. The first-order chi connectivity index (χ1) is 13.0. The molecule has 0 fully saturated rings. The first-order valence-corrected chi connectivity index (χ1v) is 10.4. The molecular weight excluding hydrogens is 384 g/mol. The van der Waals surface area contributed by atoms with Crippen LogP contribution in [0.15, 0.2) is 41.3 Å². The Kier molecular flexibility index (Phi) is 6.30. The number of rotatable bonds is 7. The third kappa shape index (κ3) is 4.10. The molecule has 0 saturated heterocycles. The third-order valence-corrected chi connectivity index (χ3v) is 7.06. The van der Waals surface area contributed by atoms with Crippen LogP contribution in [-0.2, 0) is 21.2 Å². The number of aryl methyl sites for hydroxylation is 1. The Bertz CT molecular complexity index is 1030. The van der Waals surface area contributed by atoms with Gasteiger partial charge in [-0.15, -0.1) is 0 Å². The Morgan fingerprint density at radius 3 is 2.36 bits per heavy atom. The van der Waals surface area contributed by atoms with E-state index < -0.39 is 20.5 Å². The summed E-state index contributed by atoms with van der Waals surface area (Å²) >= 11 is 0. The van der Waals surface area contributed by atoms with E-state index in [4.69, 9.17) is 9.94 Å². The van der Waals surface area contributed by atoms with E-state index in [1.165, 1.54) is 17.0 Å². The number of hydroxylamine groups is 1. The molecule has 1 aromatic heterocycles. The van der Waals surface area contributed by atoms with E-state index in [2.05, 4.69) is 0 Å². The number of benzene rings is 1. The van der Waals surface area contributed by atoms with Gasteiger partial charge in [-0.2, -0.15) is 0 Å². The van der Waals surface area contributed by atoms with Gasteiger partial charge in [-0.1, -0.05) is 12.1 Å². The van der Waals surface area contributed by atoms with Crippen LogP contribution < -0.4 is 15.8 Å². The molecule has 2 N–H and O–H groups in total. The van der Waals surface area contributed by atoms with Crippen LogP contribution in [0, 0.1) is 6.92 Å². The molecular formula is C19H24N2O6S. The van der Waals surface area contributed by atoms with Gasteiger partial charge < -0.3 is 9.30 Å². The summed E-state index contributed by atoms with van der Waals surface area (Å²) in [5.74, 6) is -0.327. The standard InChI is InChI=1S/C19H24N2O6S/c1-13-16(14-5-7-15(27-3)8-6-14)9-11-21(17(13)22)12-10-19(2,18(23)20-24)28(4,25)26/h5-9,11,24H,10,12H2,1-4H3,(H,20,23)/t19-/m1/s1. The van der Waals surface area contributed by atoms with Gasteiger partial charge in [0.1, 0.15) is 5.75 Å². The van der Waals surface area contributed by atoms with E-state index in [0.717, 1.165) is 17.4 Å². The van der Waals surface area contributed by atoms with E-state index >= 15 is 0 Å². The average molecular weight is 408 g/mol. The second-order valence-electron chi connectivity index (χ2n) is 6.78. The normalized spacial score (nSPS) is 13.6. The van der Waals surface area contributed by atoms with Crippen molar-refractivity contribution >= 4 is 15.7 Å². The van der Waals surface area contributed by atoms with Gasteiger partial charge in [0.15, 0.2) is 14.6 Å². The number of carbonyl (C=O) groups excluding carboxylic acids is 1. The van der Waals surface area contributed by atoms with Gasteiger partial charge in [-0.25, -0.2) is 13.9 Å². The number of nitrogens with zero attached hydrogens (tertiary/aromatic N) is 1. The van der Waals surface area contributed by atoms with Gasteiger partial charge in [-0.3, -0.25) is 14.8 Å². The van der Waals surface area contributed by atoms with Crippen molar-refractivity contribution in [2.24, 2.45) is 0 Å². The van der Waals surface area contributed by atoms with Crippen molar-refractivity contribution in [1.82, 2.24) is 10.0 Å². The predicted molar refractivity (Wildman–Crippen MR) is 105 cm³/mol. The van der Waals surface area contributed by atoms with E-state index in [0.29, 0.717) is 11.3 Å². The molecule has 1 heterocycles. The lowest BCUT2D eigenvalue weighted by Gasteiger charge is -2.25. The van der Waals surface area contributed by atoms with Crippen molar-refractivity contribution in [3.05, 3.63) is 52.4 Å². The highest BCUT2D eigenvalue weighted by molar-refractivity contribution is 7.92. The highest BCUT2D eigenvalue weighted by atomic mass is 32.2. The van der Waals surface area contributed by atoms with Crippen LogP contribution in [0.5, 0.6) is 5.75 Å². The van der Waals surface area contributed by atoms with Crippen molar-refractivity contribution in [3.8, 4) is 16.9 Å². The van der Waals surface area contributed by atoms with Crippen LogP contribution in [-0.4, -0.2) is 42.2 Å². The molecule has 2 rings (SSSR count). The van der Waals surface area contributed by atoms with Gasteiger partial charge in [0.05, 0.1) is 7.11 Å². The first kappa shape index (κ1) is 21.6. The Labute approximate surface area is 163 Å².